The molecule has 0 heterocycles. The smallest absolute Gasteiger partial charge is 0.293 e. The fourth-order valence-electron chi connectivity index (χ4n) is 2.84. The van der Waals surface area contributed by atoms with Crippen molar-refractivity contribution < 1.29 is 14.5 Å². The highest BCUT2D eigenvalue weighted by atomic mass is 16.6. The maximum atomic E-state index is 12.5. The van der Waals surface area contributed by atoms with Gasteiger partial charge in [0.15, 0.2) is 0 Å². The summed E-state index contributed by atoms with van der Waals surface area (Å²) in [5.41, 5.74) is 3.12. The molecule has 3 rings (SSSR count). The van der Waals surface area contributed by atoms with Crippen LogP contribution in [-0.4, -0.2) is 31.1 Å². The highest BCUT2D eigenvalue weighted by molar-refractivity contribution is 6.05. The molecule has 0 spiro atoms. The Balaban J connectivity index is 1.73. The molecule has 0 bridgehead atoms. The number of hydrogen-bond donors (Lipinski definition) is 2. The van der Waals surface area contributed by atoms with Gasteiger partial charge in [0, 0.05) is 31.0 Å². The molecule has 148 valence electrons. The molecule has 0 aromatic heterocycles. The van der Waals surface area contributed by atoms with Crippen molar-refractivity contribution in [1.29, 1.82) is 0 Å². The van der Waals surface area contributed by atoms with Crippen molar-refractivity contribution in [1.82, 2.24) is 0 Å². The van der Waals surface area contributed by atoms with E-state index in [0.29, 0.717) is 24.5 Å². The molecule has 1 amide bonds. The molecule has 0 saturated carbocycles. The van der Waals surface area contributed by atoms with Crippen LogP contribution in [-0.2, 0) is 4.74 Å². The van der Waals surface area contributed by atoms with Gasteiger partial charge in [-0.25, -0.2) is 0 Å². The second-order valence-electron chi connectivity index (χ2n) is 6.31. The van der Waals surface area contributed by atoms with Crippen molar-refractivity contribution >= 4 is 23.0 Å². The molecular formula is C22H21N3O4. The largest absolute Gasteiger partial charge is 0.383 e. The standard InChI is InChI=1S/C22H21N3O4/c1-29-14-13-23-20-12-9-18(15-21(20)25(27)28)22(26)24-19-10-7-17(8-11-19)16-5-3-2-4-6-16/h2-12,15,23H,13-14H2,1H3,(H,24,26). The summed E-state index contributed by atoms with van der Waals surface area (Å²) in [7, 11) is 1.55. The fraction of sp³-hybridized carbons (Fsp3) is 0.136. The van der Waals surface area contributed by atoms with E-state index in [9.17, 15) is 14.9 Å². The number of anilines is 2. The van der Waals surface area contributed by atoms with Gasteiger partial charge in [0.25, 0.3) is 11.6 Å². The van der Waals surface area contributed by atoms with E-state index >= 15 is 0 Å². The fourth-order valence-corrected chi connectivity index (χ4v) is 2.84. The molecule has 2 N–H and O–H groups in total. The first-order chi connectivity index (χ1) is 14.1. The molecule has 7 nitrogen and oxygen atoms in total. The summed E-state index contributed by atoms with van der Waals surface area (Å²) in [5, 5.41) is 17.1. The van der Waals surface area contributed by atoms with Gasteiger partial charge in [0.2, 0.25) is 0 Å². The Morgan fingerprint density at radius 3 is 2.34 bits per heavy atom. The van der Waals surface area contributed by atoms with Crippen LogP contribution in [0.4, 0.5) is 17.1 Å². The van der Waals surface area contributed by atoms with E-state index in [4.69, 9.17) is 4.74 Å². The Morgan fingerprint density at radius 2 is 1.69 bits per heavy atom. The Kier molecular flexibility index (Phi) is 6.55. The lowest BCUT2D eigenvalue weighted by atomic mass is 10.1. The number of rotatable bonds is 8. The molecule has 7 heteroatoms. The summed E-state index contributed by atoms with van der Waals surface area (Å²) in [4.78, 5) is 23.4. The first-order valence-corrected chi connectivity index (χ1v) is 9.06. The third-order valence-electron chi connectivity index (χ3n) is 4.33. The minimum atomic E-state index is -0.513. The van der Waals surface area contributed by atoms with Crippen molar-refractivity contribution in [3.63, 3.8) is 0 Å². The number of hydrogen-bond acceptors (Lipinski definition) is 5. The number of benzene rings is 3. The van der Waals surface area contributed by atoms with E-state index in [0.717, 1.165) is 11.1 Å². The SMILES string of the molecule is COCCNc1ccc(C(=O)Nc2ccc(-c3ccccc3)cc2)cc1[N+](=O)[O-]. The first-order valence-electron chi connectivity index (χ1n) is 9.06. The van der Waals surface area contributed by atoms with Crippen molar-refractivity contribution in [2.45, 2.75) is 0 Å². The van der Waals surface area contributed by atoms with E-state index < -0.39 is 10.8 Å². The number of nitrogens with zero attached hydrogens (tertiary/aromatic N) is 1. The zero-order valence-electron chi connectivity index (χ0n) is 15.9. The number of nitro benzene ring substituents is 1. The van der Waals surface area contributed by atoms with E-state index in [1.807, 2.05) is 42.5 Å². The maximum Gasteiger partial charge on any atom is 0.293 e. The molecule has 3 aromatic rings. The first kappa shape index (κ1) is 20.0. The Hall–Kier alpha value is -3.71. The summed E-state index contributed by atoms with van der Waals surface area (Å²) in [6.45, 7) is 0.842. The average molecular weight is 391 g/mol. The number of nitrogens with one attached hydrogen (secondary N) is 2. The Morgan fingerprint density at radius 1 is 1.00 bits per heavy atom. The second-order valence-corrected chi connectivity index (χ2v) is 6.31. The summed E-state index contributed by atoms with van der Waals surface area (Å²) in [6, 6.07) is 21.7. The lowest BCUT2D eigenvalue weighted by Crippen LogP contribution is -2.13. The molecular weight excluding hydrogens is 370 g/mol. The van der Waals surface area contributed by atoms with Crippen LogP contribution in [0.15, 0.2) is 72.8 Å². The minimum absolute atomic E-state index is 0.159. The van der Waals surface area contributed by atoms with Crippen LogP contribution in [0, 0.1) is 10.1 Å². The van der Waals surface area contributed by atoms with E-state index in [-0.39, 0.29) is 11.3 Å². The monoisotopic (exact) mass is 391 g/mol. The average Bonchev–Trinajstić information content (AvgIpc) is 2.75. The third-order valence-corrected chi connectivity index (χ3v) is 4.33. The summed E-state index contributed by atoms with van der Waals surface area (Å²) in [6.07, 6.45) is 0. The number of carbonyl (C=O) groups excluding carboxylic acids is 1. The van der Waals surface area contributed by atoms with Gasteiger partial charge in [-0.1, -0.05) is 42.5 Å². The highest BCUT2D eigenvalue weighted by Crippen LogP contribution is 2.26. The lowest BCUT2D eigenvalue weighted by molar-refractivity contribution is -0.384. The molecule has 3 aromatic carbocycles. The molecule has 0 aliphatic carbocycles. The van der Waals surface area contributed by atoms with Crippen LogP contribution in [0.3, 0.4) is 0 Å². The molecule has 0 aliphatic heterocycles. The summed E-state index contributed by atoms with van der Waals surface area (Å²) < 4.78 is 4.93. The number of ether oxygens (including phenoxy) is 1. The zero-order chi connectivity index (χ0) is 20.6. The van der Waals surface area contributed by atoms with Crippen LogP contribution < -0.4 is 10.6 Å². The topological polar surface area (TPSA) is 93.5 Å². The molecule has 0 fully saturated rings. The third kappa shape index (κ3) is 5.18. The molecule has 0 radical (unpaired) electrons. The number of methoxy groups -OCH3 is 1. The van der Waals surface area contributed by atoms with E-state index in [1.165, 1.54) is 12.1 Å². The normalized spacial score (nSPS) is 10.4. The van der Waals surface area contributed by atoms with Crippen molar-refractivity contribution in [2.75, 3.05) is 30.9 Å². The maximum absolute atomic E-state index is 12.5. The molecule has 0 unspecified atom stereocenters. The number of nitro groups is 1. The number of carbonyl (C=O) groups is 1. The van der Waals surface area contributed by atoms with Crippen LogP contribution >= 0.6 is 0 Å². The van der Waals surface area contributed by atoms with Crippen molar-refractivity contribution in [3.8, 4) is 11.1 Å². The van der Waals surface area contributed by atoms with Gasteiger partial charge in [-0.15, -0.1) is 0 Å². The summed E-state index contributed by atoms with van der Waals surface area (Å²) in [5.74, 6) is -0.413. The molecule has 0 saturated heterocycles. The van der Waals surface area contributed by atoms with Gasteiger partial charge in [-0.05, 0) is 35.4 Å². The van der Waals surface area contributed by atoms with Gasteiger partial charge in [0.05, 0.1) is 11.5 Å². The van der Waals surface area contributed by atoms with E-state index in [2.05, 4.69) is 10.6 Å². The van der Waals surface area contributed by atoms with Gasteiger partial charge in [0.1, 0.15) is 5.69 Å². The van der Waals surface area contributed by atoms with Gasteiger partial charge in [-0.3, -0.25) is 14.9 Å². The van der Waals surface area contributed by atoms with E-state index in [1.54, 1.807) is 25.3 Å². The quantitative estimate of drug-likeness (QED) is 0.333. The van der Waals surface area contributed by atoms with Crippen molar-refractivity contribution in [2.24, 2.45) is 0 Å². The second kappa shape index (κ2) is 9.48. The predicted molar refractivity (Wildman–Crippen MR) is 113 cm³/mol. The number of amides is 1. The Bertz CT molecular complexity index is 989. The van der Waals surface area contributed by atoms with Gasteiger partial charge < -0.3 is 15.4 Å². The van der Waals surface area contributed by atoms with Crippen LogP contribution in [0.5, 0.6) is 0 Å². The molecule has 0 atom stereocenters. The van der Waals surface area contributed by atoms with Crippen LogP contribution in [0.2, 0.25) is 0 Å². The summed E-state index contributed by atoms with van der Waals surface area (Å²) >= 11 is 0. The van der Waals surface area contributed by atoms with Gasteiger partial charge >= 0.3 is 0 Å². The predicted octanol–water partition coefficient (Wildman–Crippen LogP) is 4.57. The minimum Gasteiger partial charge on any atom is -0.383 e. The Labute approximate surface area is 168 Å². The highest BCUT2D eigenvalue weighted by Gasteiger charge is 2.17. The van der Waals surface area contributed by atoms with Gasteiger partial charge in [-0.2, -0.15) is 0 Å². The molecule has 29 heavy (non-hydrogen) atoms. The van der Waals surface area contributed by atoms with Crippen LogP contribution in [0.25, 0.3) is 11.1 Å². The zero-order valence-corrected chi connectivity index (χ0v) is 15.9. The van der Waals surface area contributed by atoms with Crippen LogP contribution in [0.1, 0.15) is 10.4 Å². The molecule has 0 aliphatic rings. The van der Waals surface area contributed by atoms with Crippen molar-refractivity contribution in [3.05, 3.63) is 88.5 Å². The lowest BCUT2D eigenvalue weighted by Gasteiger charge is -2.09.